The summed E-state index contributed by atoms with van der Waals surface area (Å²) in [7, 11) is 0. The smallest absolute Gasteiger partial charge is 0.429 e. The first kappa shape index (κ1) is 28.9. The number of ether oxygens (including phenoxy) is 3. The van der Waals surface area contributed by atoms with Gasteiger partial charge in [0.1, 0.15) is 29.7 Å². The summed E-state index contributed by atoms with van der Waals surface area (Å²) in [6.07, 6.45) is -0.693. The van der Waals surface area contributed by atoms with E-state index in [1.165, 1.54) is 0 Å². The van der Waals surface area contributed by atoms with E-state index in [9.17, 15) is 30.7 Å². The van der Waals surface area contributed by atoms with Crippen molar-refractivity contribution in [2.24, 2.45) is 5.92 Å². The molecule has 1 fully saturated rings. The molecule has 4 rings (SSSR count). The molecule has 0 amide bonds. The van der Waals surface area contributed by atoms with E-state index in [4.69, 9.17) is 9.47 Å². The largest absolute Gasteiger partial charge is 0.432 e. The number of hydrogen-bond donors (Lipinski definition) is 0. The molecule has 0 unspecified atom stereocenters. The summed E-state index contributed by atoms with van der Waals surface area (Å²) in [6.45, 7) is 3.45. The van der Waals surface area contributed by atoms with Crippen LogP contribution in [-0.4, -0.2) is 20.0 Å². The number of alkyl halides is 2. The zero-order valence-electron chi connectivity index (χ0n) is 21.1. The second kappa shape index (κ2) is 12.4. The van der Waals surface area contributed by atoms with E-state index in [0.717, 1.165) is 43.4 Å². The maximum Gasteiger partial charge on any atom is 0.432 e. The van der Waals surface area contributed by atoms with Gasteiger partial charge in [-0.15, -0.1) is 0 Å². The molecule has 0 saturated heterocycles. The molecule has 0 spiro atoms. The van der Waals surface area contributed by atoms with Crippen LogP contribution in [0.25, 0.3) is 11.1 Å². The lowest BCUT2D eigenvalue weighted by Crippen LogP contribution is -2.25. The molecule has 3 aromatic rings. The Morgan fingerprint density at radius 1 is 0.744 bits per heavy atom. The van der Waals surface area contributed by atoms with Gasteiger partial charge < -0.3 is 14.2 Å². The Hall–Kier alpha value is -3.11. The number of rotatable bonds is 10. The Morgan fingerprint density at radius 2 is 1.33 bits per heavy atom. The molecular formula is C29H27F7O3. The highest BCUT2D eigenvalue weighted by molar-refractivity contribution is 5.64. The zero-order chi connectivity index (χ0) is 28.2. The van der Waals surface area contributed by atoms with Crippen molar-refractivity contribution in [1.82, 2.24) is 0 Å². The lowest BCUT2D eigenvalue weighted by molar-refractivity contribution is -0.189. The third-order valence-corrected chi connectivity index (χ3v) is 6.82. The summed E-state index contributed by atoms with van der Waals surface area (Å²) in [5.41, 5.74) is -0.239. The molecule has 0 aromatic heterocycles. The van der Waals surface area contributed by atoms with Crippen molar-refractivity contribution in [3.8, 4) is 16.9 Å². The average Bonchev–Trinajstić information content (AvgIpc) is 2.89. The van der Waals surface area contributed by atoms with E-state index < -0.39 is 46.5 Å². The number of halogens is 7. The van der Waals surface area contributed by atoms with Crippen LogP contribution in [0.1, 0.15) is 49.7 Å². The summed E-state index contributed by atoms with van der Waals surface area (Å²) < 4.78 is 113. The van der Waals surface area contributed by atoms with Crippen molar-refractivity contribution in [3.05, 3.63) is 88.7 Å². The topological polar surface area (TPSA) is 27.7 Å². The molecule has 0 bridgehead atoms. The van der Waals surface area contributed by atoms with Crippen LogP contribution >= 0.6 is 0 Å². The Kier molecular flexibility index (Phi) is 9.17. The molecular weight excluding hydrogens is 529 g/mol. The van der Waals surface area contributed by atoms with E-state index in [1.54, 1.807) is 12.1 Å². The molecule has 0 heterocycles. The maximum absolute atomic E-state index is 14.7. The summed E-state index contributed by atoms with van der Waals surface area (Å²) in [5, 5.41) is 0. The highest BCUT2D eigenvalue weighted by atomic mass is 19.3. The third-order valence-electron chi connectivity index (χ3n) is 6.82. The molecule has 210 valence electrons. The van der Waals surface area contributed by atoms with E-state index in [0.29, 0.717) is 37.4 Å². The van der Waals surface area contributed by atoms with Gasteiger partial charge in [0, 0.05) is 18.7 Å². The van der Waals surface area contributed by atoms with Crippen LogP contribution in [0.2, 0.25) is 0 Å². The van der Waals surface area contributed by atoms with Crippen molar-refractivity contribution in [1.29, 1.82) is 0 Å². The van der Waals surface area contributed by atoms with E-state index >= 15 is 0 Å². The van der Waals surface area contributed by atoms with Gasteiger partial charge in [-0.25, -0.2) is 22.0 Å². The first-order chi connectivity index (χ1) is 18.6. The van der Waals surface area contributed by atoms with Gasteiger partial charge in [0.15, 0.2) is 17.5 Å². The van der Waals surface area contributed by atoms with Crippen molar-refractivity contribution in [2.75, 3.05) is 20.0 Å². The fraction of sp³-hybridized carbons (Fsp3) is 0.379. The monoisotopic (exact) mass is 556 g/mol. The van der Waals surface area contributed by atoms with Gasteiger partial charge in [0.25, 0.3) is 0 Å². The molecule has 0 atom stereocenters. The first-order valence-electron chi connectivity index (χ1n) is 12.6. The molecule has 10 heteroatoms. The van der Waals surface area contributed by atoms with Crippen LogP contribution in [0.5, 0.6) is 5.75 Å². The quantitative estimate of drug-likeness (QED) is 0.109. The highest BCUT2D eigenvalue weighted by Gasteiger charge is 2.41. The molecule has 0 N–H and O–H groups in total. The Labute approximate surface area is 221 Å². The maximum atomic E-state index is 14.7. The normalized spacial score (nSPS) is 17.8. The van der Waals surface area contributed by atoms with Gasteiger partial charge in [-0.2, -0.15) is 8.78 Å². The summed E-state index contributed by atoms with van der Waals surface area (Å²) >= 11 is 0. The molecule has 0 aliphatic heterocycles. The Bertz CT molecular complexity index is 1230. The second-order valence-electron chi connectivity index (χ2n) is 9.46. The van der Waals surface area contributed by atoms with E-state index in [1.807, 2.05) is 19.1 Å². The zero-order valence-corrected chi connectivity index (χ0v) is 21.1. The SMILES string of the molecule is CCOCOCC1CCC(c2ccc(-c3cc(F)c(C(F)(F)Oc4cc(F)c(F)c(F)c4)c(F)c3)cc2)CC1. The number of benzene rings is 3. The van der Waals surface area contributed by atoms with E-state index in [-0.39, 0.29) is 17.7 Å². The molecule has 3 aromatic carbocycles. The van der Waals surface area contributed by atoms with Crippen molar-refractivity contribution >= 4 is 0 Å². The second-order valence-corrected chi connectivity index (χ2v) is 9.46. The van der Waals surface area contributed by atoms with Gasteiger partial charge in [-0.3, -0.25) is 0 Å². The molecule has 1 aliphatic carbocycles. The van der Waals surface area contributed by atoms with Gasteiger partial charge in [-0.05, 0) is 73.3 Å². The lowest BCUT2D eigenvalue weighted by Gasteiger charge is -2.28. The van der Waals surface area contributed by atoms with Crippen molar-refractivity contribution in [3.63, 3.8) is 0 Å². The van der Waals surface area contributed by atoms with Crippen LogP contribution in [0.4, 0.5) is 30.7 Å². The minimum Gasteiger partial charge on any atom is -0.429 e. The van der Waals surface area contributed by atoms with Crippen molar-refractivity contribution in [2.45, 2.75) is 44.6 Å². The summed E-state index contributed by atoms with van der Waals surface area (Å²) in [4.78, 5) is 0. The van der Waals surface area contributed by atoms with Crippen LogP contribution in [0.15, 0.2) is 48.5 Å². The van der Waals surface area contributed by atoms with Crippen LogP contribution in [0.3, 0.4) is 0 Å². The summed E-state index contributed by atoms with van der Waals surface area (Å²) in [5.74, 6) is -9.06. The fourth-order valence-corrected chi connectivity index (χ4v) is 4.78. The molecule has 3 nitrogen and oxygen atoms in total. The van der Waals surface area contributed by atoms with Gasteiger partial charge >= 0.3 is 6.11 Å². The lowest BCUT2D eigenvalue weighted by atomic mass is 9.79. The minimum atomic E-state index is -4.64. The minimum absolute atomic E-state index is 0.0186. The van der Waals surface area contributed by atoms with Gasteiger partial charge in [0.05, 0.1) is 6.61 Å². The Morgan fingerprint density at radius 3 is 1.90 bits per heavy atom. The third kappa shape index (κ3) is 6.91. The van der Waals surface area contributed by atoms with Crippen LogP contribution in [0, 0.1) is 35.0 Å². The summed E-state index contributed by atoms with van der Waals surface area (Å²) in [6, 6.07) is 8.80. The first-order valence-corrected chi connectivity index (χ1v) is 12.6. The fourth-order valence-electron chi connectivity index (χ4n) is 4.78. The predicted octanol–water partition coefficient (Wildman–Crippen LogP) is 8.46. The van der Waals surface area contributed by atoms with Crippen molar-refractivity contribution < 1.29 is 44.9 Å². The standard InChI is InChI=1S/C29H27F7O3/c1-2-37-16-38-15-17-3-5-18(6-4-17)19-7-9-20(10-8-19)21-11-23(30)27(24(31)12-21)29(35,36)39-22-13-25(32)28(34)26(33)14-22/h7-14,17-18H,2-6,15-16H2,1H3. The molecule has 1 saturated carbocycles. The van der Waals surface area contributed by atoms with Crippen LogP contribution < -0.4 is 4.74 Å². The number of hydrogen-bond acceptors (Lipinski definition) is 3. The van der Waals surface area contributed by atoms with E-state index in [2.05, 4.69) is 4.74 Å². The highest BCUT2D eigenvalue weighted by Crippen LogP contribution is 2.39. The molecule has 1 aliphatic rings. The predicted molar refractivity (Wildman–Crippen MR) is 130 cm³/mol. The van der Waals surface area contributed by atoms with Gasteiger partial charge in [-0.1, -0.05) is 24.3 Å². The van der Waals surface area contributed by atoms with Crippen LogP contribution in [-0.2, 0) is 15.6 Å². The van der Waals surface area contributed by atoms with Gasteiger partial charge in [0.2, 0.25) is 0 Å². The average molecular weight is 557 g/mol. The molecule has 0 radical (unpaired) electrons. The Balaban J connectivity index is 1.44. The molecule has 39 heavy (non-hydrogen) atoms.